The number of nitrogens with zero attached hydrogens (tertiary/aromatic N) is 1. The van der Waals surface area contributed by atoms with Gasteiger partial charge in [-0.05, 0) is 45.7 Å². The number of hydrogen-bond donors (Lipinski definition) is 1. The number of carbonyl (C=O) groups excluding carboxylic acids is 1. The van der Waals surface area contributed by atoms with E-state index in [9.17, 15) is 4.79 Å². The standard InChI is InChI=1S/C11H22N2O2/c1-3-13(4-2)11(14)15-8-6-10-5-7-12-9-10/h10,12H,3-9H2,1-2H3. The van der Waals surface area contributed by atoms with Gasteiger partial charge in [0.1, 0.15) is 0 Å². The number of carbonyl (C=O) groups is 1. The van der Waals surface area contributed by atoms with Crippen LogP contribution in [0.2, 0.25) is 0 Å². The molecule has 4 heteroatoms. The second kappa shape index (κ2) is 6.67. The predicted octanol–water partition coefficient (Wildman–Crippen LogP) is 1.46. The van der Waals surface area contributed by atoms with Crippen molar-refractivity contribution in [3.63, 3.8) is 0 Å². The zero-order valence-electron chi connectivity index (χ0n) is 9.79. The first kappa shape index (κ1) is 12.3. The number of nitrogens with one attached hydrogen (secondary N) is 1. The second-order valence-electron chi connectivity index (χ2n) is 3.93. The first-order chi connectivity index (χ1) is 7.27. The summed E-state index contributed by atoms with van der Waals surface area (Å²) in [6.45, 7) is 8.11. The highest BCUT2D eigenvalue weighted by Crippen LogP contribution is 2.12. The molecule has 1 fully saturated rings. The molecule has 4 nitrogen and oxygen atoms in total. The molecule has 0 aromatic heterocycles. The molecule has 1 saturated heterocycles. The third kappa shape index (κ3) is 4.08. The summed E-state index contributed by atoms with van der Waals surface area (Å²) < 4.78 is 5.21. The molecule has 0 aliphatic carbocycles. The van der Waals surface area contributed by atoms with Gasteiger partial charge in [0.15, 0.2) is 0 Å². The normalized spacial score (nSPS) is 20.3. The average Bonchev–Trinajstić information content (AvgIpc) is 2.72. The van der Waals surface area contributed by atoms with Crippen LogP contribution < -0.4 is 5.32 Å². The summed E-state index contributed by atoms with van der Waals surface area (Å²) in [6.07, 6.45) is 2.02. The van der Waals surface area contributed by atoms with E-state index in [4.69, 9.17) is 4.74 Å². The van der Waals surface area contributed by atoms with Crippen LogP contribution in [-0.4, -0.2) is 43.8 Å². The molecule has 1 aliphatic heterocycles. The molecule has 1 aliphatic rings. The lowest BCUT2D eigenvalue weighted by atomic mass is 10.1. The largest absolute Gasteiger partial charge is 0.449 e. The summed E-state index contributed by atoms with van der Waals surface area (Å²) in [4.78, 5) is 13.2. The first-order valence-corrected chi connectivity index (χ1v) is 5.90. The zero-order chi connectivity index (χ0) is 11.1. The molecule has 1 heterocycles. The number of rotatable bonds is 5. The quantitative estimate of drug-likeness (QED) is 0.753. The monoisotopic (exact) mass is 214 g/mol. The van der Waals surface area contributed by atoms with Gasteiger partial charge in [0, 0.05) is 13.1 Å². The van der Waals surface area contributed by atoms with Gasteiger partial charge in [0.2, 0.25) is 0 Å². The van der Waals surface area contributed by atoms with Crippen LogP contribution in [0.3, 0.4) is 0 Å². The van der Waals surface area contributed by atoms with Crippen molar-refractivity contribution in [2.75, 3.05) is 32.8 Å². The van der Waals surface area contributed by atoms with Crippen LogP contribution >= 0.6 is 0 Å². The first-order valence-electron chi connectivity index (χ1n) is 5.90. The molecule has 15 heavy (non-hydrogen) atoms. The molecule has 1 N–H and O–H groups in total. The Morgan fingerprint density at radius 3 is 2.73 bits per heavy atom. The van der Waals surface area contributed by atoms with Crippen LogP contribution in [0, 0.1) is 5.92 Å². The van der Waals surface area contributed by atoms with Crippen LogP contribution in [0.25, 0.3) is 0 Å². The Balaban J connectivity index is 2.10. The van der Waals surface area contributed by atoms with Crippen LogP contribution in [0.1, 0.15) is 26.7 Å². The van der Waals surface area contributed by atoms with E-state index in [1.807, 2.05) is 13.8 Å². The minimum Gasteiger partial charge on any atom is -0.449 e. The smallest absolute Gasteiger partial charge is 0.409 e. The Labute approximate surface area is 92.0 Å². The molecule has 0 radical (unpaired) electrons. The molecule has 0 aromatic rings. The van der Waals surface area contributed by atoms with Gasteiger partial charge in [0.05, 0.1) is 6.61 Å². The Hall–Kier alpha value is -0.770. The molecule has 88 valence electrons. The second-order valence-corrected chi connectivity index (χ2v) is 3.93. The fraction of sp³-hybridized carbons (Fsp3) is 0.909. The van der Waals surface area contributed by atoms with E-state index in [1.54, 1.807) is 4.90 Å². The fourth-order valence-electron chi connectivity index (χ4n) is 1.85. The summed E-state index contributed by atoms with van der Waals surface area (Å²) in [6, 6.07) is 0. The number of ether oxygens (including phenoxy) is 1. The summed E-state index contributed by atoms with van der Waals surface area (Å²) in [5.74, 6) is 0.689. The fourth-order valence-corrected chi connectivity index (χ4v) is 1.85. The van der Waals surface area contributed by atoms with Gasteiger partial charge in [-0.3, -0.25) is 0 Å². The molecule has 1 amide bonds. The predicted molar refractivity (Wildman–Crippen MR) is 59.9 cm³/mol. The molecule has 0 spiro atoms. The maximum atomic E-state index is 11.5. The lowest BCUT2D eigenvalue weighted by Gasteiger charge is -2.18. The van der Waals surface area contributed by atoms with Crippen LogP contribution in [0.5, 0.6) is 0 Å². The SMILES string of the molecule is CCN(CC)C(=O)OCCC1CCNC1. The third-order valence-electron chi connectivity index (χ3n) is 2.94. The van der Waals surface area contributed by atoms with Gasteiger partial charge in [-0.15, -0.1) is 0 Å². The average molecular weight is 214 g/mol. The van der Waals surface area contributed by atoms with E-state index in [2.05, 4.69) is 5.32 Å². The molecule has 1 atom stereocenters. The molecule has 1 rings (SSSR count). The van der Waals surface area contributed by atoms with E-state index < -0.39 is 0 Å². The highest BCUT2D eigenvalue weighted by atomic mass is 16.6. The summed E-state index contributed by atoms with van der Waals surface area (Å²) in [5, 5.41) is 3.30. The lowest BCUT2D eigenvalue weighted by Crippen LogP contribution is -2.31. The van der Waals surface area contributed by atoms with Gasteiger partial charge in [-0.1, -0.05) is 0 Å². The van der Waals surface area contributed by atoms with Crippen LogP contribution in [-0.2, 0) is 4.74 Å². The van der Waals surface area contributed by atoms with E-state index >= 15 is 0 Å². The molecule has 1 unspecified atom stereocenters. The van der Waals surface area contributed by atoms with Crippen LogP contribution in [0.15, 0.2) is 0 Å². The van der Waals surface area contributed by atoms with E-state index in [0.717, 1.165) is 32.6 Å². The molecule has 0 saturated carbocycles. The molecular formula is C11H22N2O2. The minimum absolute atomic E-state index is 0.175. The van der Waals surface area contributed by atoms with Crippen molar-refractivity contribution in [2.24, 2.45) is 5.92 Å². The van der Waals surface area contributed by atoms with Gasteiger partial charge in [-0.25, -0.2) is 4.79 Å². The summed E-state index contributed by atoms with van der Waals surface area (Å²) in [7, 11) is 0. The van der Waals surface area contributed by atoms with Crippen molar-refractivity contribution in [3.05, 3.63) is 0 Å². The van der Waals surface area contributed by atoms with Crippen molar-refractivity contribution >= 4 is 6.09 Å². The molecular weight excluding hydrogens is 192 g/mol. The summed E-state index contributed by atoms with van der Waals surface area (Å²) in [5.41, 5.74) is 0. The van der Waals surface area contributed by atoms with Crippen molar-refractivity contribution in [2.45, 2.75) is 26.7 Å². The van der Waals surface area contributed by atoms with E-state index in [0.29, 0.717) is 12.5 Å². The van der Waals surface area contributed by atoms with Crippen LogP contribution in [0.4, 0.5) is 4.79 Å². The zero-order valence-corrected chi connectivity index (χ0v) is 9.79. The number of amides is 1. The van der Waals surface area contributed by atoms with Crippen molar-refractivity contribution in [1.29, 1.82) is 0 Å². The van der Waals surface area contributed by atoms with Crippen molar-refractivity contribution < 1.29 is 9.53 Å². The van der Waals surface area contributed by atoms with Crippen molar-refractivity contribution in [1.82, 2.24) is 10.2 Å². The molecule has 0 bridgehead atoms. The Morgan fingerprint density at radius 1 is 1.47 bits per heavy atom. The lowest BCUT2D eigenvalue weighted by molar-refractivity contribution is 0.101. The Kier molecular flexibility index (Phi) is 5.47. The van der Waals surface area contributed by atoms with Crippen molar-refractivity contribution in [3.8, 4) is 0 Å². The van der Waals surface area contributed by atoms with Gasteiger partial charge in [0.25, 0.3) is 0 Å². The van der Waals surface area contributed by atoms with Gasteiger partial charge in [-0.2, -0.15) is 0 Å². The Bertz CT molecular complexity index is 187. The maximum absolute atomic E-state index is 11.5. The van der Waals surface area contributed by atoms with Gasteiger partial charge >= 0.3 is 6.09 Å². The summed E-state index contributed by atoms with van der Waals surface area (Å²) >= 11 is 0. The third-order valence-corrected chi connectivity index (χ3v) is 2.94. The highest BCUT2D eigenvalue weighted by Gasteiger charge is 2.16. The maximum Gasteiger partial charge on any atom is 0.409 e. The Morgan fingerprint density at radius 2 is 2.20 bits per heavy atom. The highest BCUT2D eigenvalue weighted by molar-refractivity contribution is 5.67. The van der Waals surface area contributed by atoms with E-state index in [1.165, 1.54) is 6.42 Å². The van der Waals surface area contributed by atoms with E-state index in [-0.39, 0.29) is 6.09 Å². The van der Waals surface area contributed by atoms with Gasteiger partial charge < -0.3 is 15.0 Å². The topological polar surface area (TPSA) is 41.6 Å². The number of hydrogen-bond acceptors (Lipinski definition) is 3. The molecule has 0 aromatic carbocycles. The minimum atomic E-state index is -0.175.